The van der Waals surface area contributed by atoms with E-state index in [4.69, 9.17) is 27.9 Å². The third-order valence-electron chi connectivity index (χ3n) is 3.15. The molecule has 0 saturated carbocycles. The van der Waals surface area contributed by atoms with Gasteiger partial charge in [0.1, 0.15) is 5.75 Å². The fraction of sp³-hybridized carbons (Fsp3) is 0.176. The van der Waals surface area contributed by atoms with Crippen LogP contribution in [-0.4, -0.2) is 17.9 Å². The summed E-state index contributed by atoms with van der Waals surface area (Å²) in [7, 11) is 0. The Morgan fingerprint density at radius 3 is 2.50 bits per heavy atom. The van der Waals surface area contributed by atoms with E-state index in [1.165, 1.54) is 6.07 Å². The predicted octanol–water partition coefficient (Wildman–Crippen LogP) is 3.53. The van der Waals surface area contributed by atoms with E-state index in [0.717, 1.165) is 5.56 Å². The summed E-state index contributed by atoms with van der Waals surface area (Å²) in [5.74, 6) is -0.598. The second-order valence-corrected chi connectivity index (χ2v) is 5.99. The van der Waals surface area contributed by atoms with Gasteiger partial charge in [-0.3, -0.25) is 20.4 Å². The standard InChI is InChI=1S/C17H16Cl2N2O3/c1-10-4-3-5-12(8-10)17(23)21-20-16(22)11(2)24-15-7-6-13(18)9-14(15)19/h3-9,11H,1-2H3,(H,20,22)(H,21,23)/t11-/m0/s1. The van der Waals surface area contributed by atoms with Gasteiger partial charge in [0.15, 0.2) is 6.10 Å². The number of rotatable bonds is 4. The van der Waals surface area contributed by atoms with Crippen LogP contribution < -0.4 is 15.6 Å². The van der Waals surface area contributed by atoms with E-state index >= 15 is 0 Å². The molecule has 7 heteroatoms. The normalized spacial score (nSPS) is 11.5. The van der Waals surface area contributed by atoms with Crippen molar-refractivity contribution in [2.24, 2.45) is 0 Å². The van der Waals surface area contributed by atoms with E-state index in [2.05, 4.69) is 10.9 Å². The number of hydrazine groups is 1. The summed E-state index contributed by atoms with van der Waals surface area (Å²) in [6, 6.07) is 11.7. The highest BCUT2D eigenvalue weighted by atomic mass is 35.5. The molecule has 1 atom stereocenters. The molecule has 24 heavy (non-hydrogen) atoms. The van der Waals surface area contributed by atoms with Gasteiger partial charge in [-0.2, -0.15) is 0 Å². The van der Waals surface area contributed by atoms with Crippen molar-refractivity contribution >= 4 is 35.0 Å². The Morgan fingerprint density at radius 2 is 1.83 bits per heavy atom. The molecule has 0 aliphatic carbocycles. The molecule has 0 unspecified atom stereocenters. The number of ether oxygens (including phenoxy) is 1. The molecule has 0 aliphatic rings. The number of carbonyl (C=O) groups excluding carboxylic acids is 2. The molecule has 126 valence electrons. The average Bonchev–Trinajstić information content (AvgIpc) is 2.54. The Morgan fingerprint density at radius 1 is 1.08 bits per heavy atom. The van der Waals surface area contributed by atoms with E-state index in [-0.39, 0.29) is 0 Å². The minimum Gasteiger partial charge on any atom is -0.479 e. The first-order valence-corrected chi connectivity index (χ1v) is 7.91. The van der Waals surface area contributed by atoms with Crippen molar-refractivity contribution in [1.82, 2.24) is 10.9 Å². The fourth-order valence-electron chi connectivity index (χ4n) is 1.89. The van der Waals surface area contributed by atoms with Gasteiger partial charge < -0.3 is 4.74 Å². The van der Waals surface area contributed by atoms with Crippen LogP contribution in [0.2, 0.25) is 10.0 Å². The Labute approximate surface area is 149 Å². The van der Waals surface area contributed by atoms with Crippen LogP contribution in [0.5, 0.6) is 5.75 Å². The molecule has 0 bridgehead atoms. The van der Waals surface area contributed by atoms with Crippen LogP contribution in [-0.2, 0) is 4.79 Å². The van der Waals surface area contributed by atoms with Gasteiger partial charge in [-0.15, -0.1) is 0 Å². The van der Waals surface area contributed by atoms with Crippen molar-refractivity contribution in [3.05, 3.63) is 63.6 Å². The van der Waals surface area contributed by atoms with Crippen LogP contribution in [0.15, 0.2) is 42.5 Å². The highest BCUT2D eigenvalue weighted by molar-refractivity contribution is 6.35. The molecule has 5 nitrogen and oxygen atoms in total. The molecule has 0 aromatic heterocycles. The number of amides is 2. The third-order valence-corrected chi connectivity index (χ3v) is 3.68. The van der Waals surface area contributed by atoms with E-state index in [9.17, 15) is 9.59 Å². The van der Waals surface area contributed by atoms with Crippen LogP contribution in [0, 0.1) is 6.92 Å². The lowest BCUT2D eigenvalue weighted by atomic mass is 10.1. The maximum atomic E-state index is 12.0. The van der Waals surface area contributed by atoms with Gasteiger partial charge in [0.25, 0.3) is 11.8 Å². The predicted molar refractivity (Wildman–Crippen MR) is 93.3 cm³/mol. The summed E-state index contributed by atoms with van der Waals surface area (Å²) >= 11 is 11.8. The lowest BCUT2D eigenvalue weighted by Gasteiger charge is -2.16. The summed E-state index contributed by atoms with van der Waals surface area (Å²) in [4.78, 5) is 24.0. The maximum Gasteiger partial charge on any atom is 0.279 e. The monoisotopic (exact) mass is 366 g/mol. The number of nitrogens with one attached hydrogen (secondary N) is 2. The first-order chi connectivity index (χ1) is 11.4. The van der Waals surface area contributed by atoms with Crippen LogP contribution in [0.3, 0.4) is 0 Å². The zero-order chi connectivity index (χ0) is 17.7. The second-order valence-electron chi connectivity index (χ2n) is 5.15. The smallest absolute Gasteiger partial charge is 0.279 e. The summed E-state index contributed by atoms with van der Waals surface area (Å²) in [6.07, 6.45) is -0.860. The molecule has 0 saturated heterocycles. The van der Waals surface area contributed by atoms with Crippen LogP contribution in [0.1, 0.15) is 22.8 Å². The first-order valence-electron chi connectivity index (χ1n) is 7.15. The fourth-order valence-corrected chi connectivity index (χ4v) is 2.35. The van der Waals surface area contributed by atoms with Crippen LogP contribution >= 0.6 is 23.2 Å². The average molecular weight is 367 g/mol. The van der Waals surface area contributed by atoms with E-state index in [1.54, 1.807) is 37.3 Å². The highest BCUT2D eigenvalue weighted by Gasteiger charge is 2.17. The van der Waals surface area contributed by atoms with Crippen molar-refractivity contribution < 1.29 is 14.3 Å². The van der Waals surface area contributed by atoms with Gasteiger partial charge in [0, 0.05) is 10.6 Å². The number of benzene rings is 2. The quantitative estimate of drug-likeness (QED) is 0.813. The van der Waals surface area contributed by atoms with Crippen molar-refractivity contribution in [2.45, 2.75) is 20.0 Å². The van der Waals surface area contributed by atoms with Gasteiger partial charge >= 0.3 is 0 Å². The summed E-state index contributed by atoms with van der Waals surface area (Å²) < 4.78 is 5.47. The highest BCUT2D eigenvalue weighted by Crippen LogP contribution is 2.28. The van der Waals surface area contributed by atoms with E-state index < -0.39 is 17.9 Å². The van der Waals surface area contributed by atoms with Crippen molar-refractivity contribution in [1.29, 1.82) is 0 Å². The van der Waals surface area contributed by atoms with E-state index in [0.29, 0.717) is 21.4 Å². The third kappa shape index (κ3) is 4.88. The Hall–Kier alpha value is -2.24. The van der Waals surface area contributed by atoms with Crippen molar-refractivity contribution in [2.75, 3.05) is 0 Å². The lowest BCUT2D eigenvalue weighted by molar-refractivity contribution is -0.128. The molecule has 2 rings (SSSR count). The molecular formula is C17H16Cl2N2O3. The number of halogens is 2. The minimum atomic E-state index is -0.860. The van der Waals surface area contributed by atoms with Gasteiger partial charge in [0.05, 0.1) is 5.02 Å². The van der Waals surface area contributed by atoms with Crippen LogP contribution in [0.4, 0.5) is 0 Å². The van der Waals surface area contributed by atoms with Crippen LogP contribution in [0.25, 0.3) is 0 Å². The molecule has 2 aromatic rings. The zero-order valence-corrected chi connectivity index (χ0v) is 14.6. The number of aryl methyl sites for hydroxylation is 1. The Bertz CT molecular complexity index is 765. The molecule has 0 spiro atoms. The maximum absolute atomic E-state index is 12.0. The van der Waals surface area contributed by atoms with Crippen molar-refractivity contribution in [3.63, 3.8) is 0 Å². The molecule has 0 aliphatic heterocycles. The summed E-state index contributed by atoms with van der Waals surface area (Å²) in [5.41, 5.74) is 6.06. The molecule has 2 amide bonds. The molecule has 0 radical (unpaired) electrons. The van der Waals surface area contributed by atoms with Gasteiger partial charge in [-0.25, -0.2) is 0 Å². The summed E-state index contributed by atoms with van der Waals surface area (Å²) in [5, 5.41) is 0.765. The number of hydrogen-bond acceptors (Lipinski definition) is 3. The molecule has 0 fully saturated rings. The number of carbonyl (C=O) groups is 2. The molecule has 0 heterocycles. The second kappa shape index (κ2) is 8.04. The Balaban J connectivity index is 1.90. The Kier molecular flexibility index (Phi) is 6.06. The SMILES string of the molecule is Cc1cccc(C(=O)NNC(=O)[C@H](C)Oc2ccc(Cl)cc2Cl)c1. The van der Waals surface area contributed by atoms with Crippen molar-refractivity contribution in [3.8, 4) is 5.75 Å². The first kappa shape index (κ1) is 18.1. The number of hydrogen-bond donors (Lipinski definition) is 2. The zero-order valence-electron chi connectivity index (χ0n) is 13.1. The van der Waals surface area contributed by atoms with E-state index in [1.807, 2.05) is 13.0 Å². The van der Waals surface area contributed by atoms with Gasteiger partial charge in [0.2, 0.25) is 0 Å². The topological polar surface area (TPSA) is 67.4 Å². The summed E-state index contributed by atoms with van der Waals surface area (Å²) in [6.45, 7) is 3.42. The lowest BCUT2D eigenvalue weighted by Crippen LogP contribution is -2.47. The largest absolute Gasteiger partial charge is 0.479 e. The molecular weight excluding hydrogens is 351 g/mol. The minimum absolute atomic E-state index is 0.297. The molecule has 2 N–H and O–H groups in total. The van der Waals surface area contributed by atoms with Gasteiger partial charge in [-0.1, -0.05) is 40.9 Å². The molecule has 2 aromatic carbocycles. The van der Waals surface area contributed by atoms with Gasteiger partial charge in [-0.05, 0) is 44.2 Å².